The molecule has 0 aromatic carbocycles. The smallest absolute Gasteiger partial charge is 0.266 e. The van der Waals surface area contributed by atoms with Gasteiger partial charge in [0.25, 0.3) is 5.91 Å². The fourth-order valence-electron chi connectivity index (χ4n) is 5.67. The van der Waals surface area contributed by atoms with Crippen molar-refractivity contribution in [2.45, 2.75) is 45.2 Å². The second-order valence-corrected chi connectivity index (χ2v) is 10.6. The number of hydrogen-bond donors (Lipinski definition) is 0. The van der Waals surface area contributed by atoms with Gasteiger partial charge >= 0.3 is 0 Å². The van der Waals surface area contributed by atoms with Crippen LogP contribution in [0, 0.1) is 16.7 Å². The molecule has 5 aliphatic heterocycles. The van der Waals surface area contributed by atoms with E-state index in [4.69, 9.17) is 4.74 Å². The third-order valence-corrected chi connectivity index (χ3v) is 7.92. The van der Waals surface area contributed by atoms with Gasteiger partial charge in [0.15, 0.2) is 0 Å². The molecule has 0 aromatic heterocycles. The number of piperidine rings is 1. The van der Waals surface area contributed by atoms with E-state index in [0.717, 1.165) is 51.3 Å². The molecule has 5 aliphatic rings. The fraction of sp³-hybridized carbons (Fsp3) is 0.654. The summed E-state index contributed by atoms with van der Waals surface area (Å²) in [6.07, 6.45) is 8.17. The molecule has 0 radical (unpaired) electrons. The van der Waals surface area contributed by atoms with Crippen LogP contribution in [0.2, 0.25) is 0 Å². The van der Waals surface area contributed by atoms with Gasteiger partial charge in [-0.15, -0.1) is 0 Å². The number of dihydropyridines is 1. The molecular formula is C26H35N7O3. The number of carbonyl (C=O) groups is 2. The molecule has 1 unspecified atom stereocenters. The van der Waals surface area contributed by atoms with E-state index in [1.807, 2.05) is 24.8 Å². The van der Waals surface area contributed by atoms with Crippen LogP contribution in [0.3, 0.4) is 0 Å². The Morgan fingerprint density at radius 2 is 1.78 bits per heavy atom. The third-order valence-electron chi connectivity index (χ3n) is 7.92. The molecule has 192 valence electrons. The van der Waals surface area contributed by atoms with Crippen LogP contribution in [0.15, 0.2) is 33.0 Å². The van der Waals surface area contributed by atoms with Crippen molar-refractivity contribution in [1.29, 1.82) is 5.26 Å². The Morgan fingerprint density at radius 3 is 2.42 bits per heavy atom. The van der Waals surface area contributed by atoms with Crippen LogP contribution in [-0.4, -0.2) is 115 Å². The molecule has 10 heteroatoms. The summed E-state index contributed by atoms with van der Waals surface area (Å²) in [5.74, 6) is -0.382. The van der Waals surface area contributed by atoms with E-state index >= 15 is 0 Å². The van der Waals surface area contributed by atoms with E-state index in [2.05, 4.69) is 21.0 Å². The highest BCUT2D eigenvalue weighted by atomic mass is 16.5. The van der Waals surface area contributed by atoms with Crippen LogP contribution in [0.5, 0.6) is 0 Å². The molecule has 3 saturated heterocycles. The van der Waals surface area contributed by atoms with Crippen molar-refractivity contribution >= 4 is 24.4 Å². The second kappa shape index (κ2) is 10.1. The molecule has 2 amide bonds. The number of likely N-dealkylation sites (tertiary alicyclic amines) is 1. The number of ether oxygens (including phenoxy) is 1. The average Bonchev–Trinajstić information content (AvgIpc) is 3.29. The predicted octanol–water partition coefficient (Wildman–Crippen LogP) is 1.03. The Kier molecular flexibility index (Phi) is 6.95. The van der Waals surface area contributed by atoms with Crippen molar-refractivity contribution in [3.8, 4) is 6.07 Å². The van der Waals surface area contributed by atoms with E-state index < -0.39 is 5.41 Å². The molecule has 36 heavy (non-hydrogen) atoms. The normalized spacial score (nSPS) is 25.6. The van der Waals surface area contributed by atoms with Crippen molar-refractivity contribution in [3.05, 3.63) is 23.0 Å². The van der Waals surface area contributed by atoms with Gasteiger partial charge in [0.1, 0.15) is 17.7 Å². The zero-order valence-corrected chi connectivity index (χ0v) is 21.2. The highest BCUT2D eigenvalue weighted by molar-refractivity contribution is 6.01. The predicted molar refractivity (Wildman–Crippen MR) is 135 cm³/mol. The Bertz CT molecular complexity index is 1050. The maximum atomic E-state index is 14.1. The van der Waals surface area contributed by atoms with E-state index in [1.165, 1.54) is 0 Å². The monoisotopic (exact) mass is 493 g/mol. The molecule has 1 atom stereocenters. The van der Waals surface area contributed by atoms with Crippen LogP contribution in [0.25, 0.3) is 0 Å². The van der Waals surface area contributed by atoms with Gasteiger partial charge in [-0.2, -0.15) is 5.26 Å². The van der Waals surface area contributed by atoms with E-state index in [0.29, 0.717) is 44.5 Å². The standard InChI is InChI=1S/C26H35N7O3/c1-26(2,25(35)32-12-10-30(11-13-32)19-16-36-17-19)23(33-18-29-21-15-28-7-6-22(21)33)20(14-27)24(34)31-8-4-3-5-9-31/h6-7,18-19,21H,3-5,8-13,15-17H2,1-2H3. The summed E-state index contributed by atoms with van der Waals surface area (Å²) in [4.78, 5) is 44.4. The molecule has 0 saturated carbocycles. The summed E-state index contributed by atoms with van der Waals surface area (Å²) in [5.41, 5.74) is 0.160. The van der Waals surface area contributed by atoms with Crippen molar-refractivity contribution in [2.75, 3.05) is 59.0 Å². The van der Waals surface area contributed by atoms with E-state index in [9.17, 15) is 14.9 Å². The zero-order valence-electron chi connectivity index (χ0n) is 21.2. The molecule has 0 aromatic rings. The number of carbonyl (C=O) groups excluding carboxylic acids is 2. The van der Waals surface area contributed by atoms with Crippen LogP contribution < -0.4 is 0 Å². The summed E-state index contributed by atoms with van der Waals surface area (Å²) in [6.45, 7) is 9.75. The molecule has 0 bridgehead atoms. The lowest BCUT2D eigenvalue weighted by Crippen LogP contribution is -2.59. The maximum absolute atomic E-state index is 14.1. The Morgan fingerprint density at radius 1 is 1.06 bits per heavy atom. The SMILES string of the molecule is CC(C)(C(=O)N1CCN(C2COC2)CC1)C(=C(C#N)C(=O)N1CCCCC1)N1C=NC2CN=CC=C21. The van der Waals surface area contributed by atoms with Gasteiger partial charge in [0.2, 0.25) is 5.91 Å². The number of hydrogen-bond acceptors (Lipinski definition) is 8. The summed E-state index contributed by atoms with van der Waals surface area (Å²) < 4.78 is 5.33. The molecule has 0 spiro atoms. The largest absolute Gasteiger partial charge is 0.378 e. The number of rotatable bonds is 5. The quantitative estimate of drug-likeness (QED) is 0.418. The molecule has 10 nitrogen and oxygen atoms in total. The third kappa shape index (κ3) is 4.46. The Balaban J connectivity index is 1.48. The van der Waals surface area contributed by atoms with Crippen molar-refractivity contribution in [3.63, 3.8) is 0 Å². The number of fused-ring (bicyclic) bond motifs is 1. The van der Waals surface area contributed by atoms with Crippen LogP contribution in [0.4, 0.5) is 0 Å². The summed E-state index contributed by atoms with van der Waals surface area (Å²) in [5, 5.41) is 10.3. The minimum atomic E-state index is -1.12. The molecule has 3 fully saturated rings. The van der Waals surface area contributed by atoms with Gasteiger partial charge in [-0.3, -0.25) is 24.5 Å². The van der Waals surface area contributed by atoms with Gasteiger partial charge in [-0.05, 0) is 39.2 Å². The Labute approximate surface area is 212 Å². The van der Waals surface area contributed by atoms with Gasteiger partial charge in [0, 0.05) is 45.5 Å². The van der Waals surface area contributed by atoms with Crippen LogP contribution >= 0.6 is 0 Å². The van der Waals surface area contributed by atoms with Crippen LogP contribution in [-0.2, 0) is 14.3 Å². The van der Waals surface area contributed by atoms with Crippen LogP contribution in [0.1, 0.15) is 33.1 Å². The number of aliphatic imine (C=N–C) groups is 2. The minimum absolute atomic E-state index is 0.0241. The van der Waals surface area contributed by atoms with Crippen molar-refractivity contribution in [2.24, 2.45) is 15.4 Å². The van der Waals surface area contributed by atoms with Gasteiger partial charge in [-0.25, -0.2) is 0 Å². The number of nitriles is 1. The minimum Gasteiger partial charge on any atom is -0.378 e. The molecular weight excluding hydrogens is 458 g/mol. The average molecular weight is 494 g/mol. The first-order valence-electron chi connectivity index (χ1n) is 13.0. The lowest BCUT2D eigenvalue weighted by atomic mass is 9.82. The summed E-state index contributed by atoms with van der Waals surface area (Å²) >= 11 is 0. The van der Waals surface area contributed by atoms with Gasteiger partial charge in [0.05, 0.1) is 48.9 Å². The molecule has 0 N–H and O–H groups in total. The number of amides is 2. The second-order valence-electron chi connectivity index (χ2n) is 10.6. The summed E-state index contributed by atoms with van der Waals surface area (Å²) in [7, 11) is 0. The summed E-state index contributed by atoms with van der Waals surface area (Å²) in [6, 6.07) is 2.47. The fourth-order valence-corrected chi connectivity index (χ4v) is 5.67. The lowest BCUT2D eigenvalue weighted by molar-refractivity contribution is -0.143. The zero-order chi connectivity index (χ0) is 25.3. The Hall–Kier alpha value is -3.03. The molecule has 0 aliphatic carbocycles. The topological polar surface area (TPSA) is 105 Å². The number of allylic oxidation sites excluding steroid dienone is 1. The van der Waals surface area contributed by atoms with Gasteiger partial charge in [-0.1, -0.05) is 0 Å². The van der Waals surface area contributed by atoms with Crippen molar-refractivity contribution in [1.82, 2.24) is 19.6 Å². The lowest BCUT2D eigenvalue weighted by Gasteiger charge is -2.45. The first-order valence-corrected chi connectivity index (χ1v) is 13.0. The number of piperazine rings is 1. The first-order chi connectivity index (χ1) is 17.4. The highest BCUT2D eigenvalue weighted by Crippen LogP contribution is 2.39. The highest BCUT2D eigenvalue weighted by Gasteiger charge is 2.45. The number of nitrogens with zero attached hydrogens (tertiary/aromatic N) is 7. The molecule has 5 rings (SSSR count). The van der Waals surface area contributed by atoms with E-state index in [-0.39, 0.29) is 23.4 Å². The van der Waals surface area contributed by atoms with Crippen molar-refractivity contribution < 1.29 is 14.3 Å². The maximum Gasteiger partial charge on any atom is 0.266 e. The van der Waals surface area contributed by atoms with Gasteiger partial charge < -0.3 is 19.4 Å². The molecule has 5 heterocycles. The first kappa shape index (κ1) is 24.7. The van der Waals surface area contributed by atoms with E-state index in [1.54, 1.807) is 22.4 Å².